The summed E-state index contributed by atoms with van der Waals surface area (Å²) in [5, 5.41) is 5.85. The average Bonchev–Trinajstić information content (AvgIpc) is 3.03. The number of amides is 1. The van der Waals surface area contributed by atoms with E-state index in [1.807, 2.05) is 35.7 Å². The molecule has 1 amide bonds. The van der Waals surface area contributed by atoms with Crippen LogP contribution >= 0.6 is 11.3 Å². The maximum atomic E-state index is 12.0. The van der Waals surface area contributed by atoms with Crippen LogP contribution in [0.5, 0.6) is 0 Å². The zero-order valence-corrected chi connectivity index (χ0v) is 12.6. The Morgan fingerprint density at radius 1 is 1.33 bits per heavy atom. The number of ether oxygens (including phenoxy) is 1. The van der Waals surface area contributed by atoms with Gasteiger partial charge in [-0.05, 0) is 19.3 Å². The van der Waals surface area contributed by atoms with Crippen molar-refractivity contribution in [2.75, 3.05) is 6.61 Å². The van der Waals surface area contributed by atoms with Crippen LogP contribution in [0.15, 0.2) is 35.7 Å². The van der Waals surface area contributed by atoms with Gasteiger partial charge in [-0.15, -0.1) is 11.3 Å². The van der Waals surface area contributed by atoms with Crippen LogP contribution in [-0.2, 0) is 16.1 Å². The summed E-state index contributed by atoms with van der Waals surface area (Å²) in [7, 11) is 0. The molecule has 1 fully saturated rings. The number of aromatic nitrogens is 1. The van der Waals surface area contributed by atoms with Crippen molar-refractivity contribution in [3.8, 4) is 11.3 Å². The Morgan fingerprint density at radius 2 is 2.19 bits per heavy atom. The predicted octanol–water partition coefficient (Wildman–Crippen LogP) is 3.00. The molecule has 110 valence electrons. The molecule has 1 aromatic carbocycles. The van der Waals surface area contributed by atoms with Gasteiger partial charge in [-0.25, -0.2) is 4.98 Å². The number of carbonyl (C=O) groups is 1. The third-order valence-corrected chi connectivity index (χ3v) is 4.36. The second-order valence-electron chi connectivity index (χ2n) is 5.07. The fourth-order valence-electron chi connectivity index (χ4n) is 2.36. The molecule has 0 radical (unpaired) electrons. The third-order valence-electron chi connectivity index (χ3n) is 3.51. The minimum Gasteiger partial charge on any atom is -0.368 e. The van der Waals surface area contributed by atoms with Gasteiger partial charge in [-0.2, -0.15) is 0 Å². The second kappa shape index (κ2) is 6.83. The van der Waals surface area contributed by atoms with Crippen LogP contribution in [0.1, 0.15) is 24.3 Å². The van der Waals surface area contributed by atoms with Gasteiger partial charge >= 0.3 is 0 Å². The molecule has 0 saturated carbocycles. The summed E-state index contributed by atoms with van der Waals surface area (Å²) in [6.45, 7) is 1.16. The highest BCUT2D eigenvalue weighted by Crippen LogP contribution is 2.21. The first-order valence-corrected chi connectivity index (χ1v) is 8.10. The van der Waals surface area contributed by atoms with Gasteiger partial charge in [0.2, 0.25) is 5.91 Å². The van der Waals surface area contributed by atoms with Crippen LogP contribution in [0.25, 0.3) is 11.3 Å². The van der Waals surface area contributed by atoms with E-state index in [1.54, 1.807) is 11.3 Å². The van der Waals surface area contributed by atoms with E-state index >= 15 is 0 Å². The average molecular weight is 302 g/mol. The lowest BCUT2D eigenvalue weighted by molar-refractivity contribution is -0.135. The Labute approximate surface area is 128 Å². The van der Waals surface area contributed by atoms with Gasteiger partial charge < -0.3 is 10.1 Å². The first-order valence-electron chi connectivity index (χ1n) is 7.22. The van der Waals surface area contributed by atoms with Crippen LogP contribution in [-0.4, -0.2) is 23.6 Å². The normalized spacial score (nSPS) is 18.4. The number of carbonyl (C=O) groups excluding carboxylic acids is 1. The summed E-state index contributed by atoms with van der Waals surface area (Å²) in [6.07, 6.45) is 2.65. The van der Waals surface area contributed by atoms with E-state index in [0.29, 0.717) is 13.2 Å². The zero-order valence-electron chi connectivity index (χ0n) is 11.7. The minimum absolute atomic E-state index is 0.0221. The van der Waals surface area contributed by atoms with E-state index in [2.05, 4.69) is 10.3 Å². The summed E-state index contributed by atoms with van der Waals surface area (Å²) >= 11 is 1.57. The number of benzene rings is 1. The Balaban J connectivity index is 1.56. The summed E-state index contributed by atoms with van der Waals surface area (Å²) in [5.41, 5.74) is 2.06. The molecule has 4 nitrogen and oxygen atoms in total. The first-order chi connectivity index (χ1) is 10.3. The van der Waals surface area contributed by atoms with Gasteiger partial charge in [-0.3, -0.25) is 4.79 Å². The van der Waals surface area contributed by atoms with Gasteiger partial charge in [0.1, 0.15) is 11.1 Å². The van der Waals surface area contributed by atoms with E-state index in [4.69, 9.17) is 4.74 Å². The number of hydrogen-bond acceptors (Lipinski definition) is 4. The van der Waals surface area contributed by atoms with E-state index in [-0.39, 0.29) is 12.0 Å². The smallest absolute Gasteiger partial charge is 0.249 e. The molecule has 1 aliphatic heterocycles. The molecule has 2 heterocycles. The second-order valence-corrected chi connectivity index (χ2v) is 6.01. The van der Waals surface area contributed by atoms with E-state index in [1.165, 1.54) is 0 Å². The van der Waals surface area contributed by atoms with Crippen molar-refractivity contribution in [2.24, 2.45) is 0 Å². The Kier molecular flexibility index (Phi) is 4.62. The van der Waals surface area contributed by atoms with Gasteiger partial charge in [0.15, 0.2) is 0 Å². The first kappa shape index (κ1) is 14.2. The minimum atomic E-state index is -0.285. The molecule has 1 unspecified atom stereocenters. The molecule has 0 aliphatic carbocycles. The van der Waals surface area contributed by atoms with Crippen LogP contribution in [0.3, 0.4) is 0 Å². The van der Waals surface area contributed by atoms with E-state index in [0.717, 1.165) is 35.5 Å². The van der Waals surface area contributed by atoms with Gasteiger partial charge in [0.05, 0.1) is 12.2 Å². The number of rotatable bonds is 4. The van der Waals surface area contributed by atoms with Gasteiger partial charge in [0, 0.05) is 17.6 Å². The Bertz CT molecular complexity index is 591. The fourth-order valence-corrected chi connectivity index (χ4v) is 3.10. The number of thiazole rings is 1. The van der Waals surface area contributed by atoms with Crippen molar-refractivity contribution in [3.05, 3.63) is 40.7 Å². The summed E-state index contributed by atoms with van der Waals surface area (Å²) in [4.78, 5) is 16.5. The van der Waals surface area contributed by atoms with Crippen molar-refractivity contribution in [2.45, 2.75) is 31.9 Å². The molecular weight excluding hydrogens is 284 g/mol. The molecular formula is C16H18N2O2S. The van der Waals surface area contributed by atoms with Crippen LogP contribution in [0.2, 0.25) is 0 Å². The van der Waals surface area contributed by atoms with Gasteiger partial charge in [-0.1, -0.05) is 30.3 Å². The lowest BCUT2D eigenvalue weighted by Crippen LogP contribution is -2.37. The maximum Gasteiger partial charge on any atom is 0.249 e. The third kappa shape index (κ3) is 3.68. The predicted molar refractivity (Wildman–Crippen MR) is 83.0 cm³/mol. The topological polar surface area (TPSA) is 51.2 Å². The van der Waals surface area contributed by atoms with Crippen LogP contribution < -0.4 is 5.32 Å². The SMILES string of the molecule is O=C(NCc1nc(-c2ccccc2)cs1)C1CCCCO1. The highest BCUT2D eigenvalue weighted by atomic mass is 32.1. The monoisotopic (exact) mass is 302 g/mol. The Morgan fingerprint density at radius 3 is 2.95 bits per heavy atom. The molecule has 1 atom stereocenters. The largest absolute Gasteiger partial charge is 0.368 e. The highest BCUT2D eigenvalue weighted by molar-refractivity contribution is 7.09. The number of nitrogens with zero attached hydrogens (tertiary/aromatic N) is 1. The van der Waals surface area contributed by atoms with Crippen molar-refractivity contribution < 1.29 is 9.53 Å². The molecule has 1 saturated heterocycles. The lowest BCUT2D eigenvalue weighted by Gasteiger charge is -2.21. The summed E-state index contributed by atoms with van der Waals surface area (Å²) < 4.78 is 5.47. The fraction of sp³-hybridized carbons (Fsp3) is 0.375. The molecule has 21 heavy (non-hydrogen) atoms. The summed E-state index contributed by atoms with van der Waals surface area (Å²) in [6, 6.07) is 10.1. The van der Waals surface area contributed by atoms with Crippen LogP contribution in [0.4, 0.5) is 0 Å². The highest BCUT2D eigenvalue weighted by Gasteiger charge is 2.21. The molecule has 3 rings (SSSR count). The number of hydrogen-bond donors (Lipinski definition) is 1. The van der Waals surface area contributed by atoms with Gasteiger partial charge in [0.25, 0.3) is 0 Å². The van der Waals surface area contributed by atoms with E-state index in [9.17, 15) is 4.79 Å². The lowest BCUT2D eigenvalue weighted by atomic mass is 10.1. The molecule has 1 aliphatic rings. The standard InChI is InChI=1S/C16H18N2O2S/c19-16(14-8-4-5-9-20-14)17-10-15-18-13(11-21-15)12-6-2-1-3-7-12/h1-3,6-7,11,14H,4-5,8-10H2,(H,17,19). The molecule has 2 aromatic rings. The summed E-state index contributed by atoms with van der Waals surface area (Å²) in [5.74, 6) is -0.0221. The van der Waals surface area contributed by atoms with Crippen molar-refractivity contribution in [1.82, 2.24) is 10.3 Å². The van der Waals surface area contributed by atoms with E-state index < -0.39 is 0 Å². The van der Waals surface area contributed by atoms with Crippen molar-refractivity contribution in [3.63, 3.8) is 0 Å². The van der Waals surface area contributed by atoms with Crippen molar-refractivity contribution >= 4 is 17.2 Å². The quantitative estimate of drug-likeness (QED) is 0.944. The van der Waals surface area contributed by atoms with Crippen molar-refractivity contribution in [1.29, 1.82) is 0 Å². The number of nitrogens with one attached hydrogen (secondary N) is 1. The van der Waals surface area contributed by atoms with Crippen LogP contribution in [0, 0.1) is 0 Å². The molecule has 1 aromatic heterocycles. The molecule has 0 spiro atoms. The molecule has 0 bridgehead atoms. The Hall–Kier alpha value is -1.72. The maximum absolute atomic E-state index is 12.0. The molecule has 1 N–H and O–H groups in total. The zero-order chi connectivity index (χ0) is 14.5. The molecule has 5 heteroatoms.